The maximum absolute atomic E-state index is 12.3. The van der Waals surface area contributed by atoms with Crippen LogP contribution in [0.1, 0.15) is 39.2 Å². The van der Waals surface area contributed by atoms with Gasteiger partial charge in [0.2, 0.25) is 0 Å². The number of esters is 1. The first-order valence-electron chi connectivity index (χ1n) is 8.73. The molecule has 1 aromatic heterocycles. The van der Waals surface area contributed by atoms with Crippen LogP contribution in [0.3, 0.4) is 0 Å². The van der Waals surface area contributed by atoms with E-state index in [1.807, 2.05) is 0 Å². The van der Waals surface area contributed by atoms with Gasteiger partial charge in [-0.3, -0.25) is 9.59 Å². The number of halogens is 2. The van der Waals surface area contributed by atoms with Crippen LogP contribution in [-0.2, 0) is 27.2 Å². The number of anilines is 1. The topological polar surface area (TPSA) is 96.9 Å². The van der Waals surface area contributed by atoms with Gasteiger partial charge in [-0.05, 0) is 43.4 Å². The lowest BCUT2D eigenvalue weighted by molar-refractivity contribution is -0.136. The molecule has 2 N–H and O–H groups in total. The van der Waals surface area contributed by atoms with Gasteiger partial charge in [-0.1, -0.05) is 29.3 Å². The normalized spacial score (nSPS) is 13.1. The number of ether oxygens (including phenoxy) is 1. The zero-order chi connectivity index (χ0) is 21.0. The van der Waals surface area contributed by atoms with Gasteiger partial charge >= 0.3 is 17.8 Å². The molecular weight excluding hydrogens is 437 g/mol. The summed E-state index contributed by atoms with van der Waals surface area (Å²) in [7, 11) is 1.28. The number of fused-ring (bicyclic) bond motifs is 1. The van der Waals surface area contributed by atoms with Crippen molar-refractivity contribution in [2.24, 2.45) is 5.10 Å². The number of nitrogens with zero attached hydrogens (tertiary/aromatic N) is 1. The number of nitrogens with one attached hydrogen (secondary N) is 2. The number of methoxy groups -OCH3 is 1. The maximum Gasteiger partial charge on any atom is 0.341 e. The van der Waals surface area contributed by atoms with E-state index in [2.05, 4.69) is 15.8 Å². The van der Waals surface area contributed by atoms with E-state index in [9.17, 15) is 14.4 Å². The summed E-state index contributed by atoms with van der Waals surface area (Å²) in [6, 6.07) is 4.78. The molecule has 1 aromatic carbocycles. The van der Waals surface area contributed by atoms with E-state index in [4.69, 9.17) is 27.9 Å². The highest BCUT2D eigenvalue weighted by molar-refractivity contribution is 7.17. The molecule has 2 aromatic rings. The van der Waals surface area contributed by atoms with Gasteiger partial charge in [0, 0.05) is 15.5 Å². The number of hydrogen-bond donors (Lipinski definition) is 2. The summed E-state index contributed by atoms with van der Waals surface area (Å²) in [6.07, 6.45) is 4.85. The van der Waals surface area contributed by atoms with Crippen LogP contribution in [0.2, 0.25) is 10.0 Å². The van der Waals surface area contributed by atoms with E-state index in [1.165, 1.54) is 30.7 Å². The molecule has 0 saturated carbocycles. The minimum atomic E-state index is -0.978. The van der Waals surface area contributed by atoms with E-state index in [0.717, 1.165) is 36.1 Å². The van der Waals surface area contributed by atoms with E-state index in [-0.39, 0.29) is 0 Å². The second kappa shape index (κ2) is 9.39. The number of hydrazone groups is 1. The minimum Gasteiger partial charge on any atom is -0.465 e. The average Bonchev–Trinajstić information content (AvgIpc) is 3.06. The van der Waals surface area contributed by atoms with Crippen molar-refractivity contribution in [3.05, 3.63) is 49.8 Å². The third-order valence-electron chi connectivity index (χ3n) is 4.33. The lowest BCUT2D eigenvalue weighted by Gasteiger charge is -2.11. The predicted octanol–water partition coefficient (Wildman–Crippen LogP) is 3.81. The summed E-state index contributed by atoms with van der Waals surface area (Å²) in [6.45, 7) is 0. The van der Waals surface area contributed by atoms with Crippen LogP contribution in [0.15, 0.2) is 23.3 Å². The highest BCUT2D eigenvalue weighted by atomic mass is 35.5. The molecule has 1 aliphatic rings. The number of hydrogen-bond acceptors (Lipinski definition) is 6. The molecule has 0 bridgehead atoms. The highest BCUT2D eigenvalue weighted by Gasteiger charge is 2.28. The van der Waals surface area contributed by atoms with Crippen LogP contribution in [0.25, 0.3) is 0 Å². The summed E-state index contributed by atoms with van der Waals surface area (Å²) < 4.78 is 4.85. The fourth-order valence-corrected chi connectivity index (χ4v) is 4.68. The molecule has 10 heteroatoms. The van der Waals surface area contributed by atoms with Gasteiger partial charge in [0.15, 0.2) is 0 Å². The number of benzene rings is 1. The van der Waals surface area contributed by atoms with Crippen LogP contribution >= 0.6 is 34.5 Å². The van der Waals surface area contributed by atoms with E-state index in [0.29, 0.717) is 26.2 Å². The monoisotopic (exact) mass is 453 g/mol. The van der Waals surface area contributed by atoms with E-state index < -0.39 is 17.8 Å². The summed E-state index contributed by atoms with van der Waals surface area (Å²) >= 11 is 13.1. The summed E-state index contributed by atoms with van der Waals surface area (Å²) in [5.74, 6) is -2.45. The van der Waals surface area contributed by atoms with Gasteiger partial charge in [0.1, 0.15) is 5.00 Å². The Kier molecular flexibility index (Phi) is 6.89. The number of aryl methyl sites for hydroxylation is 1. The fraction of sp³-hybridized carbons (Fsp3) is 0.263. The van der Waals surface area contributed by atoms with Gasteiger partial charge < -0.3 is 10.1 Å². The molecule has 0 fully saturated rings. The Morgan fingerprint density at radius 3 is 2.66 bits per heavy atom. The quantitative estimate of drug-likeness (QED) is 0.318. The molecule has 2 amide bonds. The van der Waals surface area contributed by atoms with Crippen LogP contribution in [0.5, 0.6) is 0 Å². The van der Waals surface area contributed by atoms with Gasteiger partial charge in [-0.15, -0.1) is 11.3 Å². The molecule has 29 heavy (non-hydrogen) atoms. The first kappa shape index (κ1) is 21.3. The zero-order valence-electron chi connectivity index (χ0n) is 15.4. The molecule has 0 spiro atoms. The van der Waals surface area contributed by atoms with Crippen LogP contribution in [-0.4, -0.2) is 31.1 Å². The predicted molar refractivity (Wildman–Crippen MR) is 113 cm³/mol. The minimum absolute atomic E-state index is 0.314. The fourth-order valence-electron chi connectivity index (χ4n) is 2.95. The molecule has 1 aliphatic carbocycles. The van der Waals surface area contributed by atoms with Crippen molar-refractivity contribution in [3.8, 4) is 0 Å². The first-order valence-corrected chi connectivity index (χ1v) is 10.3. The van der Waals surface area contributed by atoms with Gasteiger partial charge in [-0.2, -0.15) is 5.10 Å². The Hall–Kier alpha value is -2.42. The molecule has 0 saturated heterocycles. The van der Waals surface area contributed by atoms with Gasteiger partial charge in [-0.25, -0.2) is 10.2 Å². The highest BCUT2D eigenvalue weighted by Crippen LogP contribution is 2.38. The lowest BCUT2D eigenvalue weighted by Crippen LogP contribution is -2.32. The number of carbonyl (C=O) groups excluding carboxylic acids is 3. The van der Waals surface area contributed by atoms with Crippen LogP contribution < -0.4 is 10.7 Å². The van der Waals surface area contributed by atoms with Gasteiger partial charge in [0.05, 0.1) is 23.9 Å². The number of amides is 2. The summed E-state index contributed by atoms with van der Waals surface area (Å²) in [4.78, 5) is 37.5. The van der Waals surface area contributed by atoms with Crippen molar-refractivity contribution in [2.45, 2.75) is 25.7 Å². The molecule has 1 heterocycles. The third-order valence-corrected chi connectivity index (χ3v) is 6.10. The average molecular weight is 454 g/mol. The molecule has 152 valence electrons. The molecule has 7 nitrogen and oxygen atoms in total. The molecule has 0 atom stereocenters. The maximum atomic E-state index is 12.3. The van der Waals surface area contributed by atoms with Crippen molar-refractivity contribution < 1.29 is 19.1 Å². The van der Waals surface area contributed by atoms with E-state index >= 15 is 0 Å². The largest absolute Gasteiger partial charge is 0.465 e. The van der Waals surface area contributed by atoms with Crippen molar-refractivity contribution >= 4 is 63.5 Å². The number of rotatable bonds is 4. The molecule has 0 aliphatic heterocycles. The Morgan fingerprint density at radius 1 is 1.17 bits per heavy atom. The SMILES string of the molecule is COC(=O)c1c(NC(=O)C(=O)NN=Cc2ccc(Cl)cc2Cl)sc2c1CCCC2. The van der Waals surface area contributed by atoms with Crippen LogP contribution in [0.4, 0.5) is 5.00 Å². The molecule has 3 rings (SSSR count). The smallest absolute Gasteiger partial charge is 0.341 e. The molecule has 0 unspecified atom stereocenters. The summed E-state index contributed by atoms with van der Waals surface area (Å²) in [5.41, 5.74) is 3.87. The summed E-state index contributed by atoms with van der Waals surface area (Å²) in [5, 5.41) is 7.37. The van der Waals surface area contributed by atoms with Crippen molar-refractivity contribution in [1.29, 1.82) is 0 Å². The van der Waals surface area contributed by atoms with Crippen molar-refractivity contribution in [2.75, 3.05) is 12.4 Å². The lowest BCUT2D eigenvalue weighted by atomic mass is 9.95. The third kappa shape index (κ3) is 4.95. The molecule has 0 radical (unpaired) electrons. The van der Waals surface area contributed by atoms with E-state index in [1.54, 1.807) is 12.1 Å². The zero-order valence-corrected chi connectivity index (χ0v) is 17.7. The van der Waals surface area contributed by atoms with Crippen molar-refractivity contribution in [3.63, 3.8) is 0 Å². The number of thiophene rings is 1. The Bertz CT molecular complexity index is 1000. The second-order valence-electron chi connectivity index (χ2n) is 6.23. The number of carbonyl (C=O) groups is 3. The standard InChI is InChI=1S/C19H17Cl2N3O4S/c1-28-19(27)15-12-4-2-3-5-14(12)29-18(15)23-16(25)17(26)24-22-9-10-6-7-11(20)8-13(10)21/h6-9H,2-5H2,1H3,(H,23,25)(H,24,26). The first-order chi connectivity index (χ1) is 13.9. The Labute approximate surface area is 181 Å². The Morgan fingerprint density at radius 2 is 1.93 bits per heavy atom. The Balaban J connectivity index is 1.70. The molecular formula is C19H17Cl2N3O4S. The van der Waals surface area contributed by atoms with Crippen molar-refractivity contribution in [1.82, 2.24) is 5.43 Å². The van der Waals surface area contributed by atoms with Crippen LogP contribution in [0, 0.1) is 0 Å². The van der Waals surface area contributed by atoms with Gasteiger partial charge in [0.25, 0.3) is 0 Å². The second-order valence-corrected chi connectivity index (χ2v) is 8.17.